The Kier molecular flexibility index (Phi) is 4.06. The summed E-state index contributed by atoms with van der Waals surface area (Å²) in [4.78, 5) is 0. The summed E-state index contributed by atoms with van der Waals surface area (Å²) in [5.74, 6) is -0.149. The molecule has 0 aromatic heterocycles. The molecule has 1 nitrogen and oxygen atoms in total. The monoisotopic (exact) mass is 249 g/mol. The molecule has 2 atom stereocenters. The Morgan fingerprint density at radius 1 is 1.33 bits per heavy atom. The summed E-state index contributed by atoms with van der Waals surface area (Å²) < 4.78 is 13.2. The number of benzene rings is 1. The third kappa shape index (κ3) is 3.11. The highest BCUT2D eigenvalue weighted by Gasteiger charge is 2.32. The van der Waals surface area contributed by atoms with Crippen LogP contribution in [0.25, 0.3) is 0 Å². The fraction of sp³-hybridized carbons (Fsp3) is 0.625. The maximum Gasteiger partial charge on any atom is 0.123 e. The van der Waals surface area contributed by atoms with Crippen LogP contribution in [0, 0.1) is 11.2 Å². The molecule has 0 radical (unpaired) electrons. The van der Waals surface area contributed by atoms with Gasteiger partial charge in [0.2, 0.25) is 0 Å². The van der Waals surface area contributed by atoms with Crippen molar-refractivity contribution in [3.05, 3.63) is 35.6 Å². The molecular weight excluding hydrogens is 225 g/mol. The van der Waals surface area contributed by atoms with Crippen molar-refractivity contribution >= 4 is 0 Å². The summed E-state index contributed by atoms with van der Waals surface area (Å²) in [5, 5.41) is 3.69. The van der Waals surface area contributed by atoms with Gasteiger partial charge in [-0.1, -0.05) is 38.8 Å². The van der Waals surface area contributed by atoms with Crippen LogP contribution in [0.2, 0.25) is 0 Å². The smallest absolute Gasteiger partial charge is 0.123 e. The molecule has 1 saturated carbocycles. The topological polar surface area (TPSA) is 12.0 Å². The number of hydrogen-bond donors (Lipinski definition) is 1. The summed E-state index contributed by atoms with van der Waals surface area (Å²) in [5.41, 5.74) is 1.39. The second-order valence-electron chi connectivity index (χ2n) is 6.23. The molecule has 1 aromatic rings. The molecule has 0 bridgehead atoms. The second kappa shape index (κ2) is 5.40. The van der Waals surface area contributed by atoms with E-state index in [2.05, 4.69) is 26.1 Å². The van der Waals surface area contributed by atoms with Crippen molar-refractivity contribution < 1.29 is 4.39 Å². The molecule has 2 heteroatoms. The Morgan fingerprint density at radius 3 is 2.78 bits per heavy atom. The van der Waals surface area contributed by atoms with Crippen molar-refractivity contribution in [1.82, 2.24) is 5.32 Å². The first-order valence-corrected chi connectivity index (χ1v) is 7.00. The average molecular weight is 249 g/mol. The van der Waals surface area contributed by atoms with E-state index in [0.717, 1.165) is 5.56 Å². The molecule has 100 valence electrons. The Bertz CT molecular complexity index is 400. The Morgan fingerprint density at radius 2 is 2.11 bits per heavy atom. The van der Waals surface area contributed by atoms with E-state index in [-0.39, 0.29) is 11.9 Å². The maximum atomic E-state index is 13.2. The van der Waals surface area contributed by atoms with Crippen LogP contribution in [0.4, 0.5) is 4.39 Å². The van der Waals surface area contributed by atoms with Crippen LogP contribution in [0.1, 0.15) is 58.1 Å². The zero-order valence-electron chi connectivity index (χ0n) is 11.7. The summed E-state index contributed by atoms with van der Waals surface area (Å²) >= 11 is 0. The normalized spacial score (nSPS) is 24.8. The lowest BCUT2D eigenvalue weighted by atomic mass is 9.73. The van der Waals surface area contributed by atoms with Gasteiger partial charge in [-0.3, -0.25) is 0 Å². The second-order valence-corrected chi connectivity index (χ2v) is 6.23. The van der Waals surface area contributed by atoms with Gasteiger partial charge in [-0.2, -0.15) is 0 Å². The van der Waals surface area contributed by atoms with Crippen molar-refractivity contribution in [2.24, 2.45) is 5.41 Å². The predicted molar refractivity (Wildman–Crippen MR) is 74.0 cm³/mol. The van der Waals surface area contributed by atoms with E-state index in [9.17, 15) is 4.39 Å². The molecule has 1 aromatic carbocycles. The third-order valence-corrected chi connectivity index (χ3v) is 4.31. The largest absolute Gasteiger partial charge is 0.307 e. The number of hydrogen-bond acceptors (Lipinski definition) is 1. The molecule has 0 heterocycles. The van der Waals surface area contributed by atoms with Crippen LogP contribution < -0.4 is 5.32 Å². The molecular formula is C16H24FN. The van der Waals surface area contributed by atoms with E-state index < -0.39 is 0 Å². The minimum Gasteiger partial charge on any atom is -0.307 e. The van der Waals surface area contributed by atoms with Gasteiger partial charge in [0.1, 0.15) is 5.82 Å². The maximum absolute atomic E-state index is 13.2. The highest BCUT2D eigenvalue weighted by molar-refractivity contribution is 5.19. The van der Waals surface area contributed by atoms with Crippen molar-refractivity contribution in [3.63, 3.8) is 0 Å². The summed E-state index contributed by atoms with van der Waals surface area (Å²) in [7, 11) is 0. The molecule has 0 amide bonds. The van der Waals surface area contributed by atoms with Gasteiger partial charge in [-0.15, -0.1) is 0 Å². The van der Waals surface area contributed by atoms with Crippen LogP contribution in [0.15, 0.2) is 24.3 Å². The first-order chi connectivity index (χ1) is 8.49. The van der Waals surface area contributed by atoms with Crippen molar-refractivity contribution in [3.8, 4) is 0 Å². The van der Waals surface area contributed by atoms with E-state index >= 15 is 0 Å². The van der Waals surface area contributed by atoms with Crippen molar-refractivity contribution in [1.29, 1.82) is 0 Å². The van der Waals surface area contributed by atoms with Crippen LogP contribution >= 0.6 is 0 Å². The molecule has 0 saturated heterocycles. The summed E-state index contributed by atoms with van der Waals surface area (Å²) in [6.07, 6.45) is 5.14. The lowest BCUT2D eigenvalue weighted by Gasteiger charge is -2.40. The third-order valence-electron chi connectivity index (χ3n) is 4.31. The molecule has 1 N–H and O–H groups in total. The summed E-state index contributed by atoms with van der Waals surface area (Å²) in [6, 6.07) is 7.66. The summed E-state index contributed by atoms with van der Waals surface area (Å²) in [6.45, 7) is 6.80. The quantitative estimate of drug-likeness (QED) is 0.834. The minimum atomic E-state index is -0.149. The zero-order valence-corrected chi connectivity index (χ0v) is 11.7. The zero-order chi connectivity index (χ0) is 13.2. The number of rotatable bonds is 3. The van der Waals surface area contributed by atoms with Crippen molar-refractivity contribution in [2.45, 2.75) is 58.5 Å². The molecule has 0 spiro atoms. The SMILES string of the molecule is CC(NC1CCCCC1(C)C)c1cccc(F)c1. The Hall–Kier alpha value is -0.890. The first-order valence-electron chi connectivity index (χ1n) is 7.00. The highest BCUT2D eigenvalue weighted by Crippen LogP contribution is 2.36. The number of halogens is 1. The Labute approximate surface area is 110 Å². The van der Waals surface area contributed by atoms with Gasteiger partial charge in [-0.05, 0) is 42.9 Å². The predicted octanol–water partition coefficient (Wildman–Crippen LogP) is 4.45. The van der Waals surface area contributed by atoms with Gasteiger partial charge in [0.15, 0.2) is 0 Å². The Balaban J connectivity index is 2.04. The van der Waals surface area contributed by atoms with E-state index in [1.165, 1.54) is 31.7 Å². The van der Waals surface area contributed by atoms with E-state index in [0.29, 0.717) is 11.5 Å². The molecule has 0 aliphatic heterocycles. The van der Waals surface area contributed by atoms with Gasteiger partial charge in [0.25, 0.3) is 0 Å². The lowest BCUT2D eigenvalue weighted by Crippen LogP contribution is -2.45. The molecule has 1 aliphatic rings. The van der Waals surface area contributed by atoms with Gasteiger partial charge in [0.05, 0.1) is 0 Å². The van der Waals surface area contributed by atoms with Gasteiger partial charge >= 0.3 is 0 Å². The molecule has 18 heavy (non-hydrogen) atoms. The van der Waals surface area contributed by atoms with E-state index in [4.69, 9.17) is 0 Å². The molecule has 2 unspecified atom stereocenters. The highest BCUT2D eigenvalue weighted by atomic mass is 19.1. The average Bonchev–Trinajstić information content (AvgIpc) is 2.31. The van der Waals surface area contributed by atoms with E-state index in [1.54, 1.807) is 12.1 Å². The minimum absolute atomic E-state index is 0.149. The van der Waals surface area contributed by atoms with Crippen LogP contribution in [-0.2, 0) is 0 Å². The van der Waals surface area contributed by atoms with E-state index in [1.807, 2.05) is 6.07 Å². The van der Waals surface area contributed by atoms with Crippen LogP contribution in [-0.4, -0.2) is 6.04 Å². The molecule has 2 rings (SSSR count). The molecule has 1 fully saturated rings. The molecule has 1 aliphatic carbocycles. The van der Waals surface area contributed by atoms with Gasteiger partial charge < -0.3 is 5.32 Å². The van der Waals surface area contributed by atoms with Crippen LogP contribution in [0.3, 0.4) is 0 Å². The van der Waals surface area contributed by atoms with Crippen LogP contribution in [0.5, 0.6) is 0 Å². The van der Waals surface area contributed by atoms with Gasteiger partial charge in [0, 0.05) is 12.1 Å². The fourth-order valence-electron chi connectivity index (χ4n) is 2.98. The first kappa shape index (κ1) is 13.5. The van der Waals surface area contributed by atoms with Crippen molar-refractivity contribution in [2.75, 3.05) is 0 Å². The van der Waals surface area contributed by atoms with Gasteiger partial charge in [-0.25, -0.2) is 4.39 Å². The lowest BCUT2D eigenvalue weighted by molar-refractivity contribution is 0.157. The number of nitrogens with one attached hydrogen (secondary N) is 1. The fourth-order valence-corrected chi connectivity index (χ4v) is 2.98. The standard InChI is InChI=1S/C16H24FN/c1-12(13-7-6-8-14(17)11-13)18-15-9-4-5-10-16(15,2)3/h6-8,11-12,15,18H,4-5,9-10H2,1-3H3.